The lowest BCUT2D eigenvalue weighted by atomic mass is 9.82. The minimum atomic E-state index is 0.226. The van der Waals surface area contributed by atoms with E-state index in [-0.39, 0.29) is 5.60 Å². The molecule has 3 aliphatic rings. The maximum atomic E-state index is 6.54. The smallest absolute Gasteiger partial charge is 0.0810 e. The maximum absolute atomic E-state index is 6.54. The van der Waals surface area contributed by atoms with Gasteiger partial charge in [-0.3, -0.25) is 0 Å². The molecule has 0 aromatic heterocycles. The summed E-state index contributed by atoms with van der Waals surface area (Å²) in [6, 6.07) is 0. The van der Waals surface area contributed by atoms with Gasteiger partial charge in [0.15, 0.2) is 0 Å². The fourth-order valence-electron chi connectivity index (χ4n) is 3.93. The van der Waals surface area contributed by atoms with Gasteiger partial charge in [-0.25, -0.2) is 0 Å². The first-order valence-electron chi connectivity index (χ1n) is 7.27. The van der Waals surface area contributed by atoms with Gasteiger partial charge in [0, 0.05) is 13.1 Å². The second-order valence-electron chi connectivity index (χ2n) is 6.08. The lowest BCUT2D eigenvalue weighted by molar-refractivity contribution is -0.150. The topological polar surface area (TPSA) is 21.3 Å². The molecule has 2 aliphatic carbocycles. The highest BCUT2D eigenvalue weighted by Crippen LogP contribution is 2.38. The Bertz CT molecular complexity index is 223. The van der Waals surface area contributed by atoms with Crippen LogP contribution in [-0.2, 0) is 4.74 Å². The Kier molecular flexibility index (Phi) is 3.21. The van der Waals surface area contributed by atoms with E-state index in [1.807, 2.05) is 0 Å². The van der Waals surface area contributed by atoms with Crippen LogP contribution in [0.25, 0.3) is 0 Å². The molecule has 1 N–H and O–H groups in total. The van der Waals surface area contributed by atoms with Gasteiger partial charge in [-0.15, -0.1) is 0 Å². The molecule has 1 spiro atoms. The summed E-state index contributed by atoms with van der Waals surface area (Å²) in [7, 11) is 0. The van der Waals surface area contributed by atoms with E-state index in [9.17, 15) is 0 Å². The van der Waals surface area contributed by atoms with Crippen molar-refractivity contribution < 1.29 is 4.74 Å². The Hall–Kier alpha value is -0.0800. The third-order valence-electron chi connectivity index (χ3n) is 4.88. The molecule has 3 rings (SSSR count). The van der Waals surface area contributed by atoms with Crippen molar-refractivity contribution in [3.05, 3.63) is 0 Å². The third kappa shape index (κ3) is 2.14. The third-order valence-corrected chi connectivity index (χ3v) is 4.88. The number of rotatable bonds is 1. The molecule has 0 radical (unpaired) electrons. The average Bonchev–Trinajstić information content (AvgIpc) is 2.83. The molecule has 2 nitrogen and oxygen atoms in total. The molecule has 1 saturated heterocycles. The molecule has 0 bridgehead atoms. The Balaban J connectivity index is 1.64. The van der Waals surface area contributed by atoms with Gasteiger partial charge in [-0.05, 0) is 31.6 Å². The minimum absolute atomic E-state index is 0.226. The zero-order valence-corrected chi connectivity index (χ0v) is 10.3. The van der Waals surface area contributed by atoms with Gasteiger partial charge in [0.1, 0.15) is 0 Å². The lowest BCUT2D eigenvalue weighted by Crippen LogP contribution is -2.56. The fraction of sp³-hybridized carbons (Fsp3) is 1.00. The maximum Gasteiger partial charge on any atom is 0.0810 e. The van der Waals surface area contributed by atoms with Crippen molar-refractivity contribution in [2.75, 3.05) is 13.1 Å². The van der Waals surface area contributed by atoms with Gasteiger partial charge >= 0.3 is 0 Å². The zero-order chi connectivity index (χ0) is 10.8. The molecule has 1 aliphatic heterocycles. The SMILES string of the molecule is C1CCC2(CC1)CNCC(C1CCCC1)O2. The van der Waals surface area contributed by atoms with E-state index < -0.39 is 0 Å². The van der Waals surface area contributed by atoms with Crippen LogP contribution in [-0.4, -0.2) is 24.8 Å². The molecule has 16 heavy (non-hydrogen) atoms. The summed E-state index contributed by atoms with van der Waals surface area (Å²) in [6.07, 6.45) is 12.9. The van der Waals surface area contributed by atoms with Crippen molar-refractivity contribution in [1.29, 1.82) is 0 Å². The van der Waals surface area contributed by atoms with Crippen LogP contribution in [0.3, 0.4) is 0 Å². The normalized spacial score (nSPS) is 35.6. The second-order valence-corrected chi connectivity index (χ2v) is 6.08. The molecule has 92 valence electrons. The molecule has 1 unspecified atom stereocenters. The van der Waals surface area contributed by atoms with Crippen LogP contribution in [0, 0.1) is 5.92 Å². The molecule has 1 atom stereocenters. The molecule has 3 fully saturated rings. The van der Waals surface area contributed by atoms with Crippen LogP contribution >= 0.6 is 0 Å². The number of hydrogen-bond donors (Lipinski definition) is 1. The highest BCUT2D eigenvalue weighted by atomic mass is 16.5. The highest BCUT2D eigenvalue weighted by Gasteiger charge is 2.40. The lowest BCUT2D eigenvalue weighted by Gasteiger charge is -2.45. The summed E-state index contributed by atoms with van der Waals surface area (Å²) in [4.78, 5) is 0. The predicted molar refractivity (Wildman–Crippen MR) is 65.5 cm³/mol. The highest BCUT2D eigenvalue weighted by molar-refractivity contribution is 4.93. The molecular formula is C14H25NO. The standard InChI is InChI=1S/C14H25NO/c1-4-8-14(9-5-1)11-15-10-13(16-14)12-6-2-3-7-12/h12-13,15H,1-11H2. The van der Waals surface area contributed by atoms with Crippen LogP contribution in [0.2, 0.25) is 0 Å². The predicted octanol–water partition coefficient (Wildman–Crippen LogP) is 2.87. The Morgan fingerprint density at radius 3 is 2.44 bits per heavy atom. The van der Waals surface area contributed by atoms with Crippen molar-refractivity contribution in [2.24, 2.45) is 5.92 Å². The van der Waals surface area contributed by atoms with Crippen molar-refractivity contribution in [1.82, 2.24) is 5.32 Å². The molecule has 0 amide bonds. The number of morpholine rings is 1. The summed E-state index contributed by atoms with van der Waals surface area (Å²) >= 11 is 0. The van der Waals surface area contributed by atoms with E-state index >= 15 is 0 Å². The van der Waals surface area contributed by atoms with Crippen molar-refractivity contribution in [2.45, 2.75) is 69.5 Å². The first-order valence-corrected chi connectivity index (χ1v) is 7.27. The van der Waals surface area contributed by atoms with E-state index in [0.717, 1.165) is 19.0 Å². The second kappa shape index (κ2) is 4.66. The largest absolute Gasteiger partial charge is 0.369 e. The fourth-order valence-corrected chi connectivity index (χ4v) is 3.93. The molecule has 0 aromatic carbocycles. The molecule has 0 aromatic rings. The first-order chi connectivity index (χ1) is 7.88. The number of ether oxygens (including phenoxy) is 1. The molecule has 2 heteroatoms. The summed E-state index contributed by atoms with van der Waals surface area (Å²) in [5.41, 5.74) is 0.226. The van der Waals surface area contributed by atoms with E-state index in [1.165, 1.54) is 57.8 Å². The molecule has 1 heterocycles. The Morgan fingerprint density at radius 2 is 1.69 bits per heavy atom. The summed E-state index contributed by atoms with van der Waals surface area (Å²) in [6.45, 7) is 2.21. The monoisotopic (exact) mass is 223 g/mol. The van der Waals surface area contributed by atoms with Crippen molar-refractivity contribution in [3.8, 4) is 0 Å². The minimum Gasteiger partial charge on any atom is -0.369 e. The van der Waals surface area contributed by atoms with Crippen molar-refractivity contribution in [3.63, 3.8) is 0 Å². The summed E-state index contributed by atoms with van der Waals surface area (Å²) in [5, 5.41) is 3.65. The number of nitrogens with one attached hydrogen (secondary N) is 1. The van der Waals surface area contributed by atoms with Crippen LogP contribution < -0.4 is 5.32 Å². The quantitative estimate of drug-likeness (QED) is 0.738. The molecular weight excluding hydrogens is 198 g/mol. The van der Waals surface area contributed by atoms with E-state index in [1.54, 1.807) is 0 Å². The Morgan fingerprint density at radius 1 is 0.938 bits per heavy atom. The van der Waals surface area contributed by atoms with Crippen molar-refractivity contribution >= 4 is 0 Å². The zero-order valence-electron chi connectivity index (χ0n) is 10.3. The van der Waals surface area contributed by atoms with Gasteiger partial charge in [0.2, 0.25) is 0 Å². The van der Waals surface area contributed by atoms with Gasteiger partial charge in [-0.2, -0.15) is 0 Å². The van der Waals surface area contributed by atoms with Gasteiger partial charge < -0.3 is 10.1 Å². The number of hydrogen-bond acceptors (Lipinski definition) is 2. The van der Waals surface area contributed by atoms with Crippen LogP contribution in [0.5, 0.6) is 0 Å². The summed E-state index contributed by atoms with van der Waals surface area (Å²) < 4.78 is 6.54. The van der Waals surface area contributed by atoms with E-state index in [2.05, 4.69) is 5.32 Å². The summed E-state index contributed by atoms with van der Waals surface area (Å²) in [5.74, 6) is 0.853. The van der Waals surface area contributed by atoms with E-state index in [0.29, 0.717) is 6.10 Å². The van der Waals surface area contributed by atoms with E-state index in [4.69, 9.17) is 4.74 Å². The average molecular weight is 223 g/mol. The van der Waals surface area contributed by atoms with Crippen LogP contribution in [0.4, 0.5) is 0 Å². The van der Waals surface area contributed by atoms with Gasteiger partial charge in [0.05, 0.1) is 11.7 Å². The Labute approximate surface area is 99.1 Å². The van der Waals surface area contributed by atoms with Gasteiger partial charge in [-0.1, -0.05) is 32.1 Å². The first kappa shape index (κ1) is 11.0. The molecule has 2 saturated carbocycles. The van der Waals surface area contributed by atoms with Crippen LogP contribution in [0.15, 0.2) is 0 Å². The van der Waals surface area contributed by atoms with Crippen LogP contribution in [0.1, 0.15) is 57.8 Å². The van der Waals surface area contributed by atoms with Gasteiger partial charge in [0.25, 0.3) is 0 Å².